The van der Waals surface area contributed by atoms with Crippen LogP contribution in [0.25, 0.3) is 11.1 Å². The van der Waals surface area contributed by atoms with Crippen molar-refractivity contribution in [2.24, 2.45) is 7.05 Å². The van der Waals surface area contributed by atoms with E-state index in [1.807, 2.05) is 90.6 Å². The molecule has 0 spiro atoms. The van der Waals surface area contributed by atoms with Crippen LogP contribution in [0.15, 0.2) is 90.3 Å². The maximum Gasteiger partial charge on any atom is 0.303 e. The largest absolute Gasteiger partial charge is 0.481 e. The van der Waals surface area contributed by atoms with E-state index in [9.17, 15) is 14.7 Å². The summed E-state index contributed by atoms with van der Waals surface area (Å²) in [6.45, 7) is 0.374. The van der Waals surface area contributed by atoms with Crippen LogP contribution in [0.1, 0.15) is 60.3 Å². The van der Waals surface area contributed by atoms with Gasteiger partial charge in [-0.25, -0.2) is 4.98 Å². The van der Waals surface area contributed by atoms with Gasteiger partial charge in [0.15, 0.2) is 11.4 Å². The van der Waals surface area contributed by atoms with Gasteiger partial charge in [-0.2, -0.15) is 0 Å². The van der Waals surface area contributed by atoms with E-state index < -0.39 is 12.3 Å². The molecule has 1 aromatic heterocycles. The first-order valence-corrected chi connectivity index (χ1v) is 15.6. The Labute approximate surface area is 261 Å². The second-order valence-electron chi connectivity index (χ2n) is 10.8. The molecule has 4 aromatic rings. The molecule has 1 aliphatic heterocycles. The zero-order valence-corrected chi connectivity index (χ0v) is 25.4. The number of aliphatic hydroxyl groups excluding tert-OH is 1. The summed E-state index contributed by atoms with van der Waals surface area (Å²) < 4.78 is 15.0. The lowest BCUT2D eigenvalue weighted by Crippen LogP contribution is -2.31. The van der Waals surface area contributed by atoms with Crippen LogP contribution >= 0.6 is 11.8 Å². The van der Waals surface area contributed by atoms with Gasteiger partial charge in [0.05, 0.1) is 18.8 Å². The van der Waals surface area contributed by atoms with Gasteiger partial charge in [-0.15, -0.1) is 0 Å². The van der Waals surface area contributed by atoms with Crippen molar-refractivity contribution in [1.29, 1.82) is 0 Å². The smallest absolute Gasteiger partial charge is 0.303 e. The number of ether oxygens (including phenoxy) is 2. The number of aromatic nitrogens is 2. The van der Waals surface area contributed by atoms with E-state index in [0.717, 1.165) is 44.3 Å². The number of rotatable bonds is 13. The van der Waals surface area contributed by atoms with E-state index in [-0.39, 0.29) is 37.6 Å². The summed E-state index contributed by atoms with van der Waals surface area (Å²) in [5.74, 6) is -0.324. The molecule has 2 heterocycles. The van der Waals surface area contributed by atoms with Crippen molar-refractivity contribution >= 4 is 23.6 Å². The van der Waals surface area contributed by atoms with Crippen molar-refractivity contribution in [3.05, 3.63) is 107 Å². The quantitative estimate of drug-likeness (QED) is 0.162. The summed E-state index contributed by atoms with van der Waals surface area (Å²) in [6.07, 6.45) is 4.15. The van der Waals surface area contributed by atoms with Crippen molar-refractivity contribution in [2.75, 3.05) is 5.75 Å². The summed E-state index contributed by atoms with van der Waals surface area (Å²) in [4.78, 5) is 27.2. The number of carboxylic acid groups (broad SMARTS) is 1. The van der Waals surface area contributed by atoms with Gasteiger partial charge in [-0.05, 0) is 40.3 Å². The van der Waals surface area contributed by atoms with Crippen LogP contribution in [0.3, 0.4) is 0 Å². The minimum absolute atomic E-state index is 0.00103. The third kappa shape index (κ3) is 8.57. The molecule has 1 saturated heterocycles. The number of nitrogens with zero attached hydrogens (tertiary/aromatic N) is 2. The molecule has 1 fully saturated rings. The Morgan fingerprint density at radius 3 is 2.45 bits per heavy atom. The fourth-order valence-electron chi connectivity index (χ4n) is 5.06. The third-order valence-electron chi connectivity index (χ3n) is 7.52. The number of thioether (sulfide) groups is 1. The minimum Gasteiger partial charge on any atom is -0.481 e. The Balaban J connectivity index is 1.26. The summed E-state index contributed by atoms with van der Waals surface area (Å²) in [5, 5.41) is 22.0. The van der Waals surface area contributed by atoms with Crippen LogP contribution in [0, 0.1) is 0 Å². The Bertz CT molecular complexity index is 1540. The average molecular weight is 616 g/mol. The molecular weight excluding hydrogens is 578 g/mol. The highest BCUT2D eigenvalue weighted by Crippen LogP contribution is 2.39. The van der Waals surface area contributed by atoms with Crippen LogP contribution in [0.2, 0.25) is 0 Å². The number of benzene rings is 3. The summed E-state index contributed by atoms with van der Waals surface area (Å²) in [6, 6.07) is 24.0. The first kappa shape index (κ1) is 31.5. The predicted molar refractivity (Wildman–Crippen MR) is 168 cm³/mol. The molecule has 44 heavy (non-hydrogen) atoms. The second-order valence-corrected chi connectivity index (χ2v) is 11.8. The Morgan fingerprint density at radius 1 is 0.977 bits per heavy atom. The van der Waals surface area contributed by atoms with Gasteiger partial charge in [0.2, 0.25) is 5.91 Å². The lowest BCUT2D eigenvalue weighted by atomic mass is 9.99. The first-order valence-electron chi connectivity index (χ1n) is 14.7. The average Bonchev–Trinajstić information content (AvgIpc) is 3.47. The molecule has 3 aromatic carbocycles. The molecule has 0 saturated carbocycles. The molecule has 10 heteroatoms. The van der Waals surface area contributed by atoms with E-state index in [0.29, 0.717) is 19.4 Å². The van der Waals surface area contributed by atoms with Gasteiger partial charge >= 0.3 is 5.97 Å². The number of hydrogen-bond donors (Lipinski definition) is 3. The summed E-state index contributed by atoms with van der Waals surface area (Å²) in [5.41, 5.74) is 5.83. The molecule has 0 bridgehead atoms. The predicted octanol–water partition coefficient (Wildman–Crippen LogP) is 5.79. The molecule has 1 aliphatic rings. The number of hydrogen-bond acceptors (Lipinski definition) is 7. The van der Waals surface area contributed by atoms with Crippen molar-refractivity contribution in [3.8, 4) is 11.1 Å². The molecule has 9 nitrogen and oxygen atoms in total. The number of nitrogens with one attached hydrogen (secondary N) is 1. The number of imidazole rings is 1. The van der Waals surface area contributed by atoms with Crippen molar-refractivity contribution in [3.63, 3.8) is 0 Å². The standard InChI is InChI=1S/C34H37N3O6S/c1-37-17-16-35-34(37)44-22-29-19-30(26-10-8-23(21-38)9-11-26)43-33(42-29)27-14-12-25(13-15-27)28-5-2-4-24(18-28)20-36-31(39)6-3-7-32(40)41/h2,4-5,8-18,29-30,33,38H,3,6-7,19-22H2,1H3,(H,36,39)(H,40,41). The molecule has 0 radical (unpaired) electrons. The zero-order chi connectivity index (χ0) is 30.9. The van der Waals surface area contributed by atoms with Crippen LogP contribution < -0.4 is 5.32 Å². The highest BCUT2D eigenvalue weighted by molar-refractivity contribution is 7.99. The van der Waals surface area contributed by atoms with Crippen LogP contribution in [-0.4, -0.2) is 43.5 Å². The second kappa shape index (κ2) is 15.2. The number of amides is 1. The molecule has 3 N–H and O–H groups in total. The number of aryl methyl sites for hydroxylation is 1. The highest BCUT2D eigenvalue weighted by atomic mass is 32.2. The molecule has 3 atom stereocenters. The minimum atomic E-state index is -0.897. The SMILES string of the molecule is Cn1ccnc1SCC1CC(c2ccc(CO)cc2)OC(c2ccc(-c3cccc(CNC(=O)CCCC(=O)O)c3)cc2)O1. The highest BCUT2D eigenvalue weighted by Gasteiger charge is 2.32. The van der Waals surface area contributed by atoms with Gasteiger partial charge < -0.3 is 29.6 Å². The Hall–Kier alpha value is -3.96. The zero-order valence-electron chi connectivity index (χ0n) is 24.6. The molecule has 230 valence electrons. The molecule has 0 aliphatic carbocycles. The first-order chi connectivity index (χ1) is 21.4. The number of aliphatic carboxylic acids is 1. The molecule has 3 unspecified atom stereocenters. The van der Waals surface area contributed by atoms with Crippen molar-refractivity contribution in [2.45, 2.75) is 62.5 Å². The third-order valence-corrected chi connectivity index (χ3v) is 8.71. The Kier molecular flexibility index (Phi) is 10.8. The molecule has 1 amide bonds. The number of aliphatic hydroxyl groups is 1. The maximum absolute atomic E-state index is 12.1. The van der Waals surface area contributed by atoms with Crippen molar-refractivity contribution in [1.82, 2.24) is 14.9 Å². The van der Waals surface area contributed by atoms with E-state index >= 15 is 0 Å². The summed E-state index contributed by atoms with van der Waals surface area (Å²) in [7, 11) is 1.98. The monoisotopic (exact) mass is 615 g/mol. The topological polar surface area (TPSA) is 123 Å². The fraction of sp³-hybridized carbons (Fsp3) is 0.324. The Morgan fingerprint density at radius 2 is 1.75 bits per heavy atom. The molecule has 5 rings (SSSR count). The van der Waals surface area contributed by atoms with Gasteiger partial charge in [0, 0.05) is 56.6 Å². The van der Waals surface area contributed by atoms with Crippen LogP contribution in [0.5, 0.6) is 0 Å². The molecular formula is C34H37N3O6S. The van der Waals surface area contributed by atoms with E-state index in [1.54, 1.807) is 18.0 Å². The fourth-order valence-corrected chi connectivity index (χ4v) is 6.01. The van der Waals surface area contributed by atoms with Crippen LogP contribution in [-0.2, 0) is 39.3 Å². The van der Waals surface area contributed by atoms with Crippen LogP contribution in [0.4, 0.5) is 0 Å². The van der Waals surface area contributed by atoms with Gasteiger partial charge in [0.1, 0.15) is 0 Å². The van der Waals surface area contributed by atoms with E-state index in [4.69, 9.17) is 14.6 Å². The normalized spacial score (nSPS) is 18.2. The van der Waals surface area contributed by atoms with E-state index in [2.05, 4.69) is 10.3 Å². The number of carboxylic acids is 1. The number of carbonyl (C=O) groups excluding carboxylic acids is 1. The van der Waals surface area contributed by atoms with Gasteiger partial charge in [-0.1, -0.05) is 78.5 Å². The van der Waals surface area contributed by atoms with E-state index in [1.165, 1.54) is 0 Å². The number of carbonyl (C=O) groups is 2. The van der Waals surface area contributed by atoms with Gasteiger partial charge in [0.25, 0.3) is 0 Å². The van der Waals surface area contributed by atoms with Crippen molar-refractivity contribution < 1.29 is 29.3 Å². The maximum atomic E-state index is 12.1. The lowest BCUT2D eigenvalue weighted by Gasteiger charge is -2.36. The summed E-state index contributed by atoms with van der Waals surface area (Å²) >= 11 is 1.66. The van der Waals surface area contributed by atoms with Gasteiger partial charge in [-0.3, -0.25) is 9.59 Å². The lowest BCUT2D eigenvalue weighted by molar-refractivity contribution is -0.245.